The number of nitrogens with zero attached hydrogens (tertiary/aromatic N) is 2. The Kier molecular flexibility index (Phi) is 3.15. The van der Waals surface area contributed by atoms with Crippen LogP contribution in [0, 0.1) is 0 Å². The van der Waals surface area contributed by atoms with Crippen molar-refractivity contribution in [2.75, 3.05) is 6.26 Å². The van der Waals surface area contributed by atoms with Crippen LogP contribution < -0.4 is 0 Å². The van der Waals surface area contributed by atoms with Crippen molar-refractivity contribution < 1.29 is 0 Å². The number of thioether (sulfide) groups is 1. The zero-order valence-corrected chi connectivity index (χ0v) is 7.99. The molecule has 0 bridgehead atoms. The first-order valence-corrected chi connectivity index (χ1v) is 4.90. The molecular weight excluding hydrogens is 180 g/mol. The van der Waals surface area contributed by atoms with Crippen molar-refractivity contribution in [1.29, 1.82) is 0 Å². The predicted octanol–water partition coefficient (Wildman–Crippen LogP) is 2.50. The lowest BCUT2D eigenvalue weighted by molar-refractivity contribution is 0.916. The van der Waals surface area contributed by atoms with Gasteiger partial charge in [0.2, 0.25) is 0 Å². The van der Waals surface area contributed by atoms with Gasteiger partial charge in [0.25, 0.3) is 0 Å². The molecule has 1 rings (SSSR count). The van der Waals surface area contributed by atoms with Crippen molar-refractivity contribution in [3.63, 3.8) is 0 Å². The van der Waals surface area contributed by atoms with Gasteiger partial charge in [0, 0.05) is 18.0 Å². The molecule has 0 fully saturated rings. The fourth-order valence-corrected chi connectivity index (χ4v) is 1.07. The van der Waals surface area contributed by atoms with Crippen LogP contribution in [0.4, 0.5) is 0 Å². The molecule has 0 aliphatic carbocycles. The Morgan fingerprint density at radius 2 is 2.00 bits per heavy atom. The van der Waals surface area contributed by atoms with Crippen LogP contribution in [-0.2, 0) is 0 Å². The third-order valence-corrected chi connectivity index (χ3v) is 2.12. The Bertz CT molecular complexity index is 222. The largest absolute Gasteiger partial charge is 0.231 e. The van der Waals surface area contributed by atoms with Crippen molar-refractivity contribution in [2.45, 2.75) is 17.5 Å². The van der Waals surface area contributed by atoms with Crippen LogP contribution in [0.5, 0.6) is 0 Å². The molecule has 0 N–H and O–H groups in total. The zero-order valence-electron chi connectivity index (χ0n) is 6.41. The summed E-state index contributed by atoms with van der Waals surface area (Å²) in [5, 5.41) is 0.775. The van der Waals surface area contributed by atoms with Gasteiger partial charge in [0.1, 0.15) is 0 Å². The lowest BCUT2D eigenvalue weighted by Gasteiger charge is -2.01. The molecule has 4 heteroatoms. The van der Waals surface area contributed by atoms with E-state index in [1.807, 2.05) is 13.2 Å². The van der Waals surface area contributed by atoms with Gasteiger partial charge in [-0.1, -0.05) is 11.8 Å². The first-order chi connectivity index (χ1) is 5.24. The maximum atomic E-state index is 5.81. The minimum Gasteiger partial charge on any atom is -0.231 e. The summed E-state index contributed by atoms with van der Waals surface area (Å²) in [6, 6.07) is 0. The first kappa shape index (κ1) is 8.81. The monoisotopic (exact) mass is 188 g/mol. The highest BCUT2D eigenvalue weighted by atomic mass is 35.5. The minimum absolute atomic E-state index is 0.00842. The van der Waals surface area contributed by atoms with E-state index < -0.39 is 0 Å². The van der Waals surface area contributed by atoms with Gasteiger partial charge in [-0.05, 0) is 13.2 Å². The summed E-state index contributed by atoms with van der Waals surface area (Å²) >= 11 is 7.34. The van der Waals surface area contributed by atoms with Crippen LogP contribution in [-0.4, -0.2) is 16.2 Å². The second-order valence-electron chi connectivity index (χ2n) is 2.12. The number of halogens is 1. The molecule has 0 spiro atoms. The Morgan fingerprint density at radius 1 is 1.45 bits per heavy atom. The first-order valence-electron chi connectivity index (χ1n) is 3.24. The average Bonchev–Trinajstić information content (AvgIpc) is 2.05. The minimum atomic E-state index is -0.00842. The van der Waals surface area contributed by atoms with Crippen LogP contribution in [0.15, 0.2) is 17.6 Å². The van der Waals surface area contributed by atoms with Gasteiger partial charge in [0.15, 0.2) is 5.16 Å². The summed E-state index contributed by atoms with van der Waals surface area (Å²) in [4.78, 5) is 8.17. The van der Waals surface area contributed by atoms with E-state index in [0.717, 1.165) is 10.7 Å². The van der Waals surface area contributed by atoms with E-state index >= 15 is 0 Å². The van der Waals surface area contributed by atoms with Gasteiger partial charge >= 0.3 is 0 Å². The third kappa shape index (κ3) is 2.34. The normalized spacial score (nSPS) is 13.0. The lowest BCUT2D eigenvalue weighted by Crippen LogP contribution is -1.90. The van der Waals surface area contributed by atoms with Gasteiger partial charge in [-0.3, -0.25) is 0 Å². The Balaban J connectivity index is 2.83. The van der Waals surface area contributed by atoms with Crippen molar-refractivity contribution in [2.24, 2.45) is 0 Å². The summed E-state index contributed by atoms with van der Waals surface area (Å²) in [5.74, 6) is 0. The van der Waals surface area contributed by atoms with E-state index in [9.17, 15) is 0 Å². The van der Waals surface area contributed by atoms with E-state index in [-0.39, 0.29) is 5.38 Å². The molecule has 0 saturated carbocycles. The molecule has 11 heavy (non-hydrogen) atoms. The molecule has 0 aromatic carbocycles. The highest BCUT2D eigenvalue weighted by Gasteiger charge is 2.01. The van der Waals surface area contributed by atoms with Crippen LogP contribution in [0.1, 0.15) is 17.9 Å². The quantitative estimate of drug-likeness (QED) is 0.405. The summed E-state index contributed by atoms with van der Waals surface area (Å²) in [6.45, 7) is 1.90. The summed E-state index contributed by atoms with van der Waals surface area (Å²) in [6.07, 6.45) is 5.46. The van der Waals surface area contributed by atoms with Crippen molar-refractivity contribution in [1.82, 2.24) is 9.97 Å². The standard InChI is InChI=1S/C7H9ClN2S/c1-5(8)6-3-9-7(11-2)10-4-6/h3-5H,1-2H3/t5-/m1/s1. The topological polar surface area (TPSA) is 25.8 Å². The van der Waals surface area contributed by atoms with Gasteiger partial charge in [-0.2, -0.15) is 0 Å². The zero-order chi connectivity index (χ0) is 8.27. The molecule has 0 aliphatic rings. The van der Waals surface area contributed by atoms with Crippen molar-refractivity contribution >= 4 is 23.4 Å². The van der Waals surface area contributed by atoms with E-state index in [1.165, 1.54) is 11.8 Å². The van der Waals surface area contributed by atoms with Gasteiger partial charge in [-0.25, -0.2) is 9.97 Å². The molecule has 0 unspecified atom stereocenters. The van der Waals surface area contributed by atoms with Crippen LogP contribution >= 0.6 is 23.4 Å². The molecule has 1 atom stereocenters. The molecule has 0 aliphatic heterocycles. The maximum absolute atomic E-state index is 5.81. The summed E-state index contributed by atoms with van der Waals surface area (Å²) in [5.41, 5.74) is 0.962. The SMILES string of the molecule is CSc1ncc([C@@H](C)Cl)cn1. The fraction of sp³-hybridized carbons (Fsp3) is 0.429. The van der Waals surface area contributed by atoms with E-state index in [2.05, 4.69) is 9.97 Å². The second-order valence-corrected chi connectivity index (χ2v) is 3.55. The molecule has 2 nitrogen and oxygen atoms in total. The van der Waals surface area contributed by atoms with Gasteiger partial charge in [0.05, 0.1) is 5.38 Å². The molecular formula is C7H9ClN2S. The van der Waals surface area contributed by atoms with Crippen LogP contribution in [0.25, 0.3) is 0 Å². The molecule has 60 valence electrons. The molecule has 1 heterocycles. The van der Waals surface area contributed by atoms with E-state index in [1.54, 1.807) is 12.4 Å². The molecule has 0 saturated heterocycles. The molecule has 0 radical (unpaired) electrons. The predicted molar refractivity (Wildman–Crippen MR) is 48.1 cm³/mol. The number of rotatable bonds is 2. The van der Waals surface area contributed by atoms with Gasteiger partial charge in [-0.15, -0.1) is 11.6 Å². The average molecular weight is 189 g/mol. The molecule has 1 aromatic heterocycles. The van der Waals surface area contributed by atoms with Crippen LogP contribution in [0.3, 0.4) is 0 Å². The highest BCUT2D eigenvalue weighted by Crippen LogP contribution is 2.18. The third-order valence-electron chi connectivity index (χ3n) is 1.29. The maximum Gasteiger partial charge on any atom is 0.187 e. The van der Waals surface area contributed by atoms with Crippen LogP contribution in [0.2, 0.25) is 0 Å². The number of aromatic nitrogens is 2. The number of alkyl halides is 1. The summed E-state index contributed by atoms with van der Waals surface area (Å²) < 4.78 is 0. The fourth-order valence-electron chi connectivity index (χ4n) is 0.637. The second kappa shape index (κ2) is 3.93. The Morgan fingerprint density at radius 3 is 2.36 bits per heavy atom. The molecule has 0 amide bonds. The summed E-state index contributed by atoms with van der Waals surface area (Å²) in [7, 11) is 0. The van der Waals surface area contributed by atoms with Crippen molar-refractivity contribution in [3.05, 3.63) is 18.0 Å². The number of hydrogen-bond donors (Lipinski definition) is 0. The smallest absolute Gasteiger partial charge is 0.187 e. The van der Waals surface area contributed by atoms with Crippen molar-refractivity contribution in [3.8, 4) is 0 Å². The van der Waals surface area contributed by atoms with E-state index in [4.69, 9.17) is 11.6 Å². The van der Waals surface area contributed by atoms with E-state index in [0.29, 0.717) is 0 Å². The number of hydrogen-bond acceptors (Lipinski definition) is 3. The van der Waals surface area contributed by atoms with Gasteiger partial charge < -0.3 is 0 Å². The lowest BCUT2D eigenvalue weighted by atomic mass is 10.3. The highest BCUT2D eigenvalue weighted by molar-refractivity contribution is 7.98. The Hall–Kier alpha value is -0.280. The Labute approximate surface area is 75.4 Å². The molecule has 1 aromatic rings.